The van der Waals surface area contributed by atoms with Crippen molar-refractivity contribution >= 4 is 28.5 Å². The molecular weight excluding hydrogens is 256 g/mol. The number of H-pyrrole nitrogens is 1. The quantitative estimate of drug-likeness (QED) is 0.802. The first-order valence-electron chi connectivity index (χ1n) is 6.52. The van der Waals surface area contributed by atoms with E-state index in [4.69, 9.17) is 5.11 Å². The SMILES string of the molecule is CC1(C)[C@H](C(=O)O)[C@@H]1C(=O)Nc1cccc2[nH]ccc12. The fourth-order valence-electron chi connectivity index (χ4n) is 2.99. The number of amides is 1. The van der Waals surface area contributed by atoms with Crippen molar-refractivity contribution in [1.29, 1.82) is 0 Å². The molecule has 0 radical (unpaired) electrons. The van der Waals surface area contributed by atoms with E-state index in [9.17, 15) is 9.59 Å². The van der Waals surface area contributed by atoms with Crippen LogP contribution >= 0.6 is 0 Å². The molecule has 2 atom stereocenters. The van der Waals surface area contributed by atoms with Crippen molar-refractivity contribution in [3.8, 4) is 0 Å². The zero-order valence-corrected chi connectivity index (χ0v) is 11.3. The number of carboxylic acid groups (broad SMARTS) is 1. The Morgan fingerprint density at radius 2 is 2.00 bits per heavy atom. The largest absolute Gasteiger partial charge is 0.481 e. The highest BCUT2D eigenvalue weighted by molar-refractivity contribution is 6.05. The van der Waals surface area contributed by atoms with Crippen LogP contribution in [0.3, 0.4) is 0 Å². The molecule has 104 valence electrons. The lowest BCUT2D eigenvalue weighted by Gasteiger charge is -2.07. The van der Waals surface area contributed by atoms with E-state index in [0.29, 0.717) is 5.69 Å². The van der Waals surface area contributed by atoms with Gasteiger partial charge in [0.15, 0.2) is 0 Å². The fourth-order valence-corrected chi connectivity index (χ4v) is 2.99. The summed E-state index contributed by atoms with van der Waals surface area (Å²) in [5.41, 5.74) is 1.16. The molecule has 1 fully saturated rings. The standard InChI is InChI=1S/C15H16N2O3/c1-15(2)11(12(15)14(19)20)13(18)17-10-5-3-4-9-8(10)6-7-16-9/h3-7,11-12,16H,1-2H3,(H,17,18)(H,19,20)/t11-,12+/m1/s1. The number of hydrogen-bond acceptors (Lipinski definition) is 2. The van der Waals surface area contributed by atoms with Crippen LogP contribution in [-0.2, 0) is 9.59 Å². The molecule has 1 aromatic carbocycles. The number of carbonyl (C=O) groups is 2. The van der Waals surface area contributed by atoms with Gasteiger partial charge in [-0.3, -0.25) is 9.59 Å². The van der Waals surface area contributed by atoms with Crippen LogP contribution in [0.4, 0.5) is 5.69 Å². The van der Waals surface area contributed by atoms with E-state index in [0.717, 1.165) is 10.9 Å². The monoisotopic (exact) mass is 272 g/mol. The van der Waals surface area contributed by atoms with Crippen molar-refractivity contribution in [3.05, 3.63) is 30.5 Å². The molecule has 0 bridgehead atoms. The molecule has 5 nitrogen and oxygen atoms in total. The smallest absolute Gasteiger partial charge is 0.307 e. The summed E-state index contributed by atoms with van der Waals surface area (Å²) in [6.45, 7) is 3.62. The zero-order valence-electron chi connectivity index (χ0n) is 11.3. The highest BCUT2D eigenvalue weighted by atomic mass is 16.4. The lowest BCUT2D eigenvalue weighted by atomic mass is 10.1. The molecule has 3 N–H and O–H groups in total. The van der Waals surface area contributed by atoms with Crippen molar-refractivity contribution < 1.29 is 14.7 Å². The minimum atomic E-state index is -0.907. The van der Waals surface area contributed by atoms with Crippen molar-refractivity contribution in [2.45, 2.75) is 13.8 Å². The minimum absolute atomic E-state index is 0.226. The number of aromatic nitrogens is 1. The van der Waals surface area contributed by atoms with Crippen LogP contribution in [0.5, 0.6) is 0 Å². The highest BCUT2D eigenvalue weighted by Crippen LogP contribution is 2.58. The third kappa shape index (κ3) is 1.78. The van der Waals surface area contributed by atoms with E-state index < -0.39 is 23.2 Å². The normalized spacial score (nSPS) is 23.5. The maximum absolute atomic E-state index is 12.3. The van der Waals surface area contributed by atoms with Gasteiger partial charge in [-0.15, -0.1) is 0 Å². The molecule has 3 rings (SSSR count). The zero-order chi connectivity index (χ0) is 14.5. The van der Waals surface area contributed by atoms with E-state index in [1.54, 1.807) is 6.20 Å². The first-order valence-corrected chi connectivity index (χ1v) is 6.52. The number of aromatic amines is 1. The number of rotatable bonds is 3. The Kier molecular flexibility index (Phi) is 2.61. The second-order valence-corrected chi connectivity index (χ2v) is 5.85. The number of fused-ring (bicyclic) bond motifs is 1. The van der Waals surface area contributed by atoms with Crippen LogP contribution in [-0.4, -0.2) is 22.0 Å². The van der Waals surface area contributed by atoms with E-state index in [1.807, 2.05) is 38.1 Å². The first kappa shape index (κ1) is 12.7. The number of benzene rings is 1. The summed E-state index contributed by atoms with van der Waals surface area (Å²) in [4.78, 5) is 26.5. The molecule has 0 aliphatic heterocycles. The summed E-state index contributed by atoms with van der Waals surface area (Å²) in [7, 11) is 0. The Balaban J connectivity index is 1.84. The summed E-state index contributed by atoms with van der Waals surface area (Å²) in [5, 5.41) is 12.9. The van der Waals surface area contributed by atoms with Crippen molar-refractivity contribution in [3.63, 3.8) is 0 Å². The molecule has 2 aromatic rings. The molecule has 1 saturated carbocycles. The van der Waals surface area contributed by atoms with E-state index >= 15 is 0 Å². The van der Waals surface area contributed by atoms with Crippen LogP contribution in [0.2, 0.25) is 0 Å². The van der Waals surface area contributed by atoms with Crippen LogP contribution in [0, 0.1) is 17.3 Å². The predicted octanol–water partition coefficient (Wildman–Crippen LogP) is 2.46. The third-order valence-corrected chi connectivity index (χ3v) is 4.23. The van der Waals surface area contributed by atoms with Gasteiger partial charge in [-0.25, -0.2) is 0 Å². The second-order valence-electron chi connectivity index (χ2n) is 5.85. The molecule has 0 unspecified atom stereocenters. The molecule has 5 heteroatoms. The molecule has 0 saturated heterocycles. The summed E-state index contributed by atoms with van der Waals surface area (Å²) in [5.74, 6) is -2.21. The van der Waals surface area contributed by atoms with Crippen molar-refractivity contribution in [2.24, 2.45) is 17.3 Å². The van der Waals surface area contributed by atoms with Gasteiger partial charge in [0.2, 0.25) is 5.91 Å². The van der Waals surface area contributed by atoms with E-state index in [2.05, 4.69) is 10.3 Å². The van der Waals surface area contributed by atoms with Crippen molar-refractivity contribution in [1.82, 2.24) is 4.98 Å². The lowest BCUT2D eigenvalue weighted by Crippen LogP contribution is -2.17. The number of aliphatic carboxylic acids is 1. The fraction of sp³-hybridized carbons (Fsp3) is 0.333. The Morgan fingerprint density at radius 1 is 1.25 bits per heavy atom. The Morgan fingerprint density at radius 3 is 2.65 bits per heavy atom. The average Bonchev–Trinajstić information content (AvgIpc) is 2.73. The maximum atomic E-state index is 12.3. The van der Waals surface area contributed by atoms with Gasteiger partial charge in [-0.2, -0.15) is 0 Å². The maximum Gasteiger partial charge on any atom is 0.307 e. The number of hydrogen-bond donors (Lipinski definition) is 3. The van der Waals surface area contributed by atoms with Gasteiger partial charge in [0.25, 0.3) is 0 Å². The van der Waals surface area contributed by atoms with E-state index in [-0.39, 0.29) is 5.91 Å². The molecular formula is C15H16N2O3. The van der Waals surface area contributed by atoms with Gasteiger partial charge in [0, 0.05) is 17.1 Å². The van der Waals surface area contributed by atoms with Gasteiger partial charge in [-0.05, 0) is 23.6 Å². The summed E-state index contributed by atoms with van der Waals surface area (Å²) < 4.78 is 0. The molecule has 1 aliphatic carbocycles. The summed E-state index contributed by atoms with van der Waals surface area (Å²) in [6, 6.07) is 7.48. The molecule has 1 amide bonds. The molecule has 1 aliphatic rings. The number of carbonyl (C=O) groups excluding carboxylic acids is 1. The topological polar surface area (TPSA) is 82.2 Å². The molecule has 1 heterocycles. The Bertz CT molecular complexity index is 702. The predicted molar refractivity (Wildman–Crippen MR) is 75.3 cm³/mol. The molecule has 1 aromatic heterocycles. The van der Waals surface area contributed by atoms with Gasteiger partial charge >= 0.3 is 5.97 Å². The van der Waals surface area contributed by atoms with Gasteiger partial charge in [-0.1, -0.05) is 19.9 Å². The Hall–Kier alpha value is -2.30. The van der Waals surface area contributed by atoms with Crippen LogP contribution in [0.25, 0.3) is 10.9 Å². The number of nitrogens with one attached hydrogen (secondary N) is 2. The second kappa shape index (κ2) is 4.10. The lowest BCUT2D eigenvalue weighted by molar-refractivity contribution is -0.140. The Labute approximate surface area is 116 Å². The number of carboxylic acids is 1. The molecule has 0 spiro atoms. The van der Waals surface area contributed by atoms with Crippen molar-refractivity contribution in [2.75, 3.05) is 5.32 Å². The average molecular weight is 272 g/mol. The van der Waals surface area contributed by atoms with Crippen LogP contribution in [0.15, 0.2) is 30.5 Å². The van der Waals surface area contributed by atoms with Crippen LogP contribution in [0.1, 0.15) is 13.8 Å². The summed E-state index contributed by atoms with van der Waals surface area (Å²) in [6.07, 6.45) is 1.81. The van der Waals surface area contributed by atoms with Gasteiger partial charge < -0.3 is 15.4 Å². The number of anilines is 1. The molecule has 20 heavy (non-hydrogen) atoms. The van der Waals surface area contributed by atoms with Gasteiger partial charge in [0.1, 0.15) is 0 Å². The van der Waals surface area contributed by atoms with E-state index in [1.165, 1.54) is 0 Å². The highest BCUT2D eigenvalue weighted by Gasteiger charge is 2.65. The third-order valence-electron chi connectivity index (χ3n) is 4.23. The van der Waals surface area contributed by atoms with Gasteiger partial charge in [0.05, 0.1) is 17.5 Å². The van der Waals surface area contributed by atoms with Crippen LogP contribution < -0.4 is 5.32 Å². The minimum Gasteiger partial charge on any atom is -0.481 e. The summed E-state index contributed by atoms with van der Waals surface area (Å²) >= 11 is 0. The first-order chi connectivity index (χ1) is 9.43.